The summed E-state index contributed by atoms with van der Waals surface area (Å²) in [6, 6.07) is 0. The van der Waals surface area contributed by atoms with Gasteiger partial charge >= 0.3 is 21.4 Å². The molecule has 0 spiro atoms. The first-order chi connectivity index (χ1) is 21.1. The molecule has 0 aromatic heterocycles. The standard InChI is InChI=1S/C8H20N3O3P.C7H15NO5.C5H15N2O2P.C3H8O.2C2H6/c1-7(2)14-15(13,10(3)4)11(5)6-8(9)12;8-7(10)13-6-5-12-4-3-11-2-1-9;1-5(2)9-10(6,8)7(3)4;1-3(2)4;2*1-2/h7H,6H2,1-5H3,(H2,9,12);9H,1-6H2,(H2,8,10);5H,1-4H3,(H2,6,8);3-4H,1-2H3;2*1-2H3. The lowest BCUT2D eigenvalue weighted by atomic mass is 10.5. The molecule has 0 aromatic carbocycles. The van der Waals surface area contributed by atoms with Gasteiger partial charge in [-0.3, -0.25) is 13.9 Å². The first kappa shape index (κ1) is 57.1. The van der Waals surface area contributed by atoms with Crippen molar-refractivity contribution in [3.8, 4) is 0 Å². The first-order valence-electron chi connectivity index (χ1n) is 15.1. The fourth-order valence-electron chi connectivity index (χ4n) is 2.05. The highest BCUT2D eigenvalue weighted by atomic mass is 31.2. The Bertz CT molecular complexity index is 776. The van der Waals surface area contributed by atoms with Crippen LogP contribution in [0, 0.1) is 0 Å². The van der Waals surface area contributed by atoms with Crippen molar-refractivity contribution in [3.05, 3.63) is 0 Å². The largest absolute Gasteiger partial charge is 0.447 e. The van der Waals surface area contributed by atoms with Crippen LogP contribution in [-0.4, -0.2) is 136 Å². The topological polar surface area (TPSA) is 243 Å². The number of carbonyl (C=O) groups is 2. The number of hydrogen-bond donors (Lipinski definition) is 5. The predicted molar refractivity (Wildman–Crippen MR) is 185 cm³/mol. The summed E-state index contributed by atoms with van der Waals surface area (Å²) in [5.74, 6) is -0.535. The zero-order valence-electron chi connectivity index (χ0n) is 31.2. The van der Waals surface area contributed by atoms with E-state index in [-0.39, 0.29) is 38.1 Å². The molecule has 0 saturated carbocycles. The maximum atomic E-state index is 12.4. The highest BCUT2D eigenvalue weighted by Crippen LogP contribution is 2.52. The average molecular weight is 717 g/mol. The average Bonchev–Trinajstić information content (AvgIpc) is 2.91. The molecule has 0 rings (SSSR count). The summed E-state index contributed by atoms with van der Waals surface area (Å²) in [4.78, 5) is 20.8. The van der Waals surface area contributed by atoms with Gasteiger partial charge in [0.25, 0.3) is 0 Å². The van der Waals surface area contributed by atoms with E-state index in [1.807, 2.05) is 27.7 Å². The van der Waals surface area contributed by atoms with E-state index in [1.165, 1.54) is 14.0 Å². The zero-order valence-corrected chi connectivity index (χ0v) is 33.0. The normalized spacial score (nSPS) is 13.0. The molecule has 2 atom stereocenters. The predicted octanol–water partition coefficient (Wildman–Crippen LogP) is 3.08. The molecule has 0 bridgehead atoms. The lowest BCUT2D eigenvalue weighted by Gasteiger charge is -2.32. The summed E-state index contributed by atoms with van der Waals surface area (Å²) in [5.41, 5.74) is 15.1. The Labute approximate surface area is 279 Å². The zero-order chi connectivity index (χ0) is 38.1. The highest BCUT2D eigenvalue weighted by molar-refractivity contribution is 7.54. The Morgan fingerprint density at radius 3 is 1.35 bits per heavy atom. The molecule has 0 aromatic rings. The van der Waals surface area contributed by atoms with Gasteiger partial charge in [-0.05, 0) is 76.8 Å². The number of likely N-dealkylation sites (N-methyl/N-ethyl adjacent to an activating group) is 1. The SMILES string of the molecule is CC.CC.CC(C)O.CC(C)OP(=O)(N(C)C)N(C)CC(N)=O.CC(C)OP(N)(=O)N(C)C.NC(=O)OCCOCCOCCO. The summed E-state index contributed by atoms with van der Waals surface area (Å²) >= 11 is 0. The molecule has 284 valence electrons. The van der Waals surface area contributed by atoms with E-state index in [2.05, 4.69) is 4.74 Å². The number of nitrogens with two attached hydrogens (primary N) is 3. The van der Waals surface area contributed by atoms with Crippen molar-refractivity contribution >= 4 is 27.3 Å². The Morgan fingerprint density at radius 2 is 1.09 bits per heavy atom. The number of rotatable bonds is 17. The van der Waals surface area contributed by atoms with E-state index in [4.69, 9.17) is 45.7 Å². The fourth-order valence-corrected chi connectivity index (χ4v) is 4.67. The van der Waals surface area contributed by atoms with Gasteiger partial charge in [0, 0.05) is 6.10 Å². The molecule has 0 aliphatic carbocycles. The van der Waals surface area contributed by atoms with Gasteiger partial charge in [-0.25, -0.2) is 24.3 Å². The third-order valence-corrected chi connectivity index (χ3v) is 8.22. The van der Waals surface area contributed by atoms with Crippen LogP contribution in [-0.2, 0) is 37.2 Å². The van der Waals surface area contributed by atoms with Crippen molar-refractivity contribution in [3.63, 3.8) is 0 Å². The fraction of sp³-hybridized carbons (Fsp3) is 0.926. The third-order valence-electron chi connectivity index (χ3n) is 3.67. The number of hydrogen-bond acceptors (Lipinski definition) is 11. The molecule has 19 heteroatoms. The number of aliphatic hydroxyl groups is 2. The molecule has 0 aliphatic rings. The van der Waals surface area contributed by atoms with Gasteiger partial charge in [0.2, 0.25) is 5.91 Å². The Balaban J connectivity index is -0.000000118. The van der Waals surface area contributed by atoms with Crippen LogP contribution in [0.1, 0.15) is 69.2 Å². The summed E-state index contributed by atoms with van der Waals surface area (Å²) in [6.45, 7) is 20.1. The highest BCUT2D eigenvalue weighted by Gasteiger charge is 2.33. The van der Waals surface area contributed by atoms with E-state index in [0.29, 0.717) is 26.4 Å². The smallest absolute Gasteiger partial charge is 0.404 e. The maximum Gasteiger partial charge on any atom is 0.404 e. The summed E-state index contributed by atoms with van der Waals surface area (Å²) in [7, 11) is 1.97. The van der Waals surface area contributed by atoms with Crippen LogP contribution in [0.3, 0.4) is 0 Å². The van der Waals surface area contributed by atoms with E-state index < -0.39 is 27.3 Å². The van der Waals surface area contributed by atoms with Gasteiger partial charge in [-0.1, -0.05) is 27.7 Å². The van der Waals surface area contributed by atoms with Crippen LogP contribution >= 0.6 is 15.3 Å². The van der Waals surface area contributed by atoms with Gasteiger partial charge in [-0.15, -0.1) is 0 Å². The van der Waals surface area contributed by atoms with Crippen molar-refractivity contribution in [1.29, 1.82) is 0 Å². The van der Waals surface area contributed by atoms with Gasteiger partial charge in [0.1, 0.15) is 6.61 Å². The Hall–Kier alpha value is -1.20. The minimum atomic E-state index is -3.13. The van der Waals surface area contributed by atoms with Crippen LogP contribution in [0.5, 0.6) is 0 Å². The number of carbonyl (C=O) groups excluding carboxylic acids is 2. The monoisotopic (exact) mass is 716 g/mol. The third kappa shape index (κ3) is 44.9. The molecular formula is C27H70N6O11P2. The lowest BCUT2D eigenvalue weighted by molar-refractivity contribution is -0.118. The van der Waals surface area contributed by atoms with Crippen molar-refractivity contribution in [2.24, 2.45) is 17.0 Å². The molecule has 8 N–H and O–H groups in total. The van der Waals surface area contributed by atoms with Crippen LogP contribution in [0.4, 0.5) is 4.79 Å². The number of amides is 2. The molecule has 0 radical (unpaired) electrons. The molecular weight excluding hydrogens is 646 g/mol. The number of aliphatic hydroxyl groups excluding tert-OH is 2. The summed E-state index contributed by atoms with van der Waals surface area (Å²) in [5, 5.41) is 16.4. The van der Waals surface area contributed by atoms with Gasteiger partial charge in [0.15, 0.2) is 0 Å². The second-order valence-corrected chi connectivity index (χ2v) is 14.4. The van der Waals surface area contributed by atoms with Crippen LogP contribution < -0.4 is 17.0 Å². The van der Waals surface area contributed by atoms with Crippen LogP contribution in [0.2, 0.25) is 0 Å². The van der Waals surface area contributed by atoms with E-state index in [0.717, 1.165) is 0 Å². The van der Waals surface area contributed by atoms with Crippen molar-refractivity contribution in [1.82, 2.24) is 14.0 Å². The van der Waals surface area contributed by atoms with E-state index >= 15 is 0 Å². The molecule has 0 fully saturated rings. The summed E-state index contributed by atoms with van der Waals surface area (Å²) < 4.78 is 52.4. The van der Waals surface area contributed by atoms with Crippen LogP contribution in [0.25, 0.3) is 0 Å². The van der Waals surface area contributed by atoms with E-state index in [9.17, 15) is 18.7 Å². The molecule has 2 amide bonds. The lowest BCUT2D eigenvalue weighted by Crippen LogP contribution is -2.34. The Morgan fingerprint density at radius 1 is 0.717 bits per heavy atom. The second-order valence-electron chi connectivity index (χ2n) is 9.55. The van der Waals surface area contributed by atoms with Gasteiger partial charge < -0.3 is 44.9 Å². The first-order valence-corrected chi connectivity index (χ1v) is 18.3. The molecule has 0 aliphatic heterocycles. The second kappa shape index (κ2) is 36.6. The van der Waals surface area contributed by atoms with Crippen LogP contribution in [0.15, 0.2) is 0 Å². The number of nitrogens with zero attached hydrogens (tertiary/aromatic N) is 3. The minimum absolute atomic E-state index is 0.00475. The summed E-state index contributed by atoms with van der Waals surface area (Å²) in [6.07, 6.45) is -1.26. The quantitative estimate of drug-likeness (QED) is 0.107. The van der Waals surface area contributed by atoms with Crippen molar-refractivity contribution in [2.75, 3.05) is 81.4 Å². The molecule has 0 saturated heterocycles. The molecule has 0 heterocycles. The number of primary amides is 2. The van der Waals surface area contributed by atoms with Crippen molar-refractivity contribution < 1.29 is 52.2 Å². The Kier molecular flexibility index (Phi) is 45.5. The van der Waals surface area contributed by atoms with Crippen molar-refractivity contribution in [2.45, 2.75) is 87.5 Å². The van der Waals surface area contributed by atoms with E-state index in [1.54, 1.807) is 76.8 Å². The minimum Gasteiger partial charge on any atom is -0.447 e. The van der Waals surface area contributed by atoms with Gasteiger partial charge in [0.05, 0.1) is 51.8 Å². The number of ether oxygens (including phenoxy) is 3. The molecule has 2 unspecified atom stereocenters. The maximum absolute atomic E-state index is 12.4. The molecule has 17 nitrogen and oxygen atoms in total. The molecule has 46 heavy (non-hydrogen) atoms. The van der Waals surface area contributed by atoms with Gasteiger partial charge in [-0.2, -0.15) is 0 Å².